The lowest BCUT2D eigenvalue weighted by Crippen LogP contribution is -2.60. The van der Waals surface area contributed by atoms with Crippen molar-refractivity contribution >= 4 is 0 Å². The molecule has 2 aromatic rings. The average Bonchev–Trinajstić information content (AvgIpc) is 3.30. The lowest BCUT2D eigenvalue weighted by Gasteiger charge is -2.51. The largest absolute Gasteiger partial charge is 0.338 e. The minimum atomic E-state index is -0.164. The number of fused-ring (bicyclic) bond motifs is 2. The number of hydrogen-bond donors (Lipinski definition) is 0. The number of benzene rings is 1. The Balaban J connectivity index is 1.44. The first-order chi connectivity index (χ1) is 13.1. The van der Waals surface area contributed by atoms with Gasteiger partial charge in [0.15, 0.2) is 5.82 Å². The summed E-state index contributed by atoms with van der Waals surface area (Å²) >= 11 is 0. The topological polar surface area (TPSA) is 45.4 Å². The summed E-state index contributed by atoms with van der Waals surface area (Å²) in [7, 11) is 0. The number of halogens is 1. The Labute approximate surface area is 159 Å². The summed E-state index contributed by atoms with van der Waals surface area (Å²) in [5, 5.41) is 4.13. The molecule has 4 saturated heterocycles. The van der Waals surface area contributed by atoms with Crippen molar-refractivity contribution in [2.24, 2.45) is 5.92 Å². The maximum absolute atomic E-state index is 13.4. The van der Waals surface area contributed by atoms with Gasteiger partial charge in [0.2, 0.25) is 5.89 Å². The zero-order valence-corrected chi connectivity index (χ0v) is 16.0. The summed E-state index contributed by atoms with van der Waals surface area (Å²) in [4.78, 5) is 9.81. The highest BCUT2D eigenvalue weighted by Crippen LogP contribution is 2.46. The molecule has 0 N–H and O–H groups in total. The van der Waals surface area contributed by atoms with Crippen LogP contribution in [-0.4, -0.2) is 51.7 Å². The van der Waals surface area contributed by atoms with Crippen LogP contribution in [0.15, 0.2) is 28.8 Å². The van der Waals surface area contributed by atoms with Crippen molar-refractivity contribution in [3.8, 4) is 0 Å². The van der Waals surface area contributed by atoms with Crippen LogP contribution in [0.5, 0.6) is 0 Å². The number of hydrogen-bond acceptors (Lipinski definition) is 5. The number of piperidine rings is 3. The van der Waals surface area contributed by atoms with Crippen LogP contribution in [0.4, 0.5) is 4.39 Å². The Morgan fingerprint density at radius 1 is 1.15 bits per heavy atom. The van der Waals surface area contributed by atoms with Crippen LogP contribution in [0, 0.1) is 11.7 Å². The van der Waals surface area contributed by atoms with Crippen LogP contribution in [0.3, 0.4) is 0 Å². The highest BCUT2D eigenvalue weighted by molar-refractivity contribution is 5.27. The van der Waals surface area contributed by atoms with Crippen molar-refractivity contribution in [3.05, 3.63) is 47.4 Å². The van der Waals surface area contributed by atoms with Crippen LogP contribution in [0.2, 0.25) is 0 Å². The molecule has 4 aliphatic rings. The van der Waals surface area contributed by atoms with E-state index in [4.69, 9.17) is 4.52 Å². The molecular weight excluding hydrogens is 343 g/mol. The van der Waals surface area contributed by atoms with E-state index in [1.807, 2.05) is 12.1 Å². The molecule has 2 bridgehead atoms. The summed E-state index contributed by atoms with van der Waals surface area (Å²) in [6, 6.07) is 8.15. The molecule has 1 aromatic carbocycles. The molecule has 1 aromatic heterocycles. The fraction of sp³-hybridized carbons (Fsp3) is 0.619. The molecule has 0 radical (unpaired) electrons. The highest BCUT2D eigenvalue weighted by atomic mass is 19.1. The van der Waals surface area contributed by atoms with E-state index in [0.29, 0.717) is 30.4 Å². The molecule has 144 valence electrons. The van der Waals surface area contributed by atoms with Crippen LogP contribution in [0.1, 0.15) is 55.8 Å². The average molecular weight is 370 g/mol. The van der Waals surface area contributed by atoms with Crippen LogP contribution in [-0.2, 0) is 6.54 Å². The second kappa shape index (κ2) is 6.67. The van der Waals surface area contributed by atoms with Gasteiger partial charge in [0.05, 0.1) is 6.54 Å². The minimum Gasteiger partial charge on any atom is -0.338 e. The first kappa shape index (κ1) is 17.3. The molecule has 4 fully saturated rings. The Hall–Kier alpha value is -1.79. The van der Waals surface area contributed by atoms with E-state index in [9.17, 15) is 4.39 Å². The van der Waals surface area contributed by atoms with Gasteiger partial charge in [0.25, 0.3) is 0 Å². The molecule has 0 amide bonds. The Kier molecular flexibility index (Phi) is 4.28. The van der Waals surface area contributed by atoms with E-state index in [2.05, 4.69) is 33.8 Å². The fourth-order valence-electron chi connectivity index (χ4n) is 5.47. The van der Waals surface area contributed by atoms with Crippen molar-refractivity contribution in [2.75, 3.05) is 19.6 Å². The molecular formula is C21H27FN4O. The third kappa shape index (κ3) is 2.99. The standard InChI is InChI=1S/C21H27FN4O/c1-13(2)21-23-18(27-24-21)12-26-11-17(14-3-5-16(22)6-4-14)20-19(26)15-7-9-25(20)10-8-15/h3-6,13,15,17,19-20H,7-12H2,1-2H3/t17-,19+,20+/m0/s1. The smallest absolute Gasteiger partial charge is 0.240 e. The predicted molar refractivity (Wildman–Crippen MR) is 99.8 cm³/mol. The van der Waals surface area contributed by atoms with Crippen molar-refractivity contribution in [1.29, 1.82) is 0 Å². The molecule has 5 heterocycles. The van der Waals surface area contributed by atoms with Gasteiger partial charge in [-0.2, -0.15) is 4.98 Å². The number of nitrogens with zero attached hydrogens (tertiary/aromatic N) is 4. The highest BCUT2D eigenvalue weighted by Gasteiger charge is 2.53. The van der Waals surface area contributed by atoms with Crippen LogP contribution in [0.25, 0.3) is 0 Å². The quantitative estimate of drug-likeness (QED) is 0.825. The molecule has 6 heteroatoms. The third-order valence-corrected chi connectivity index (χ3v) is 6.73. The monoisotopic (exact) mass is 370 g/mol. The number of rotatable bonds is 4. The van der Waals surface area contributed by atoms with Crippen LogP contribution >= 0.6 is 0 Å². The van der Waals surface area contributed by atoms with Crippen molar-refractivity contribution in [1.82, 2.24) is 19.9 Å². The minimum absolute atomic E-state index is 0.164. The van der Waals surface area contributed by atoms with Gasteiger partial charge in [0, 0.05) is 30.5 Å². The molecule has 0 saturated carbocycles. The summed E-state index contributed by atoms with van der Waals surface area (Å²) in [6.07, 6.45) is 2.55. The molecule has 5 nitrogen and oxygen atoms in total. The summed E-state index contributed by atoms with van der Waals surface area (Å²) < 4.78 is 19.0. The van der Waals surface area contributed by atoms with E-state index in [1.165, 1.54) is 31.5 Å². The SMILES string of the molecule is CC(C)c1noc(CN2C[C@@H](c3ccc(F)cc3)[C@@H]3[C@H]2C2CCN3CC2)n1. The van der Waals surface area contributed by atoms with E-state index in [-0.39, 0.29) is 11.7 Å². The second-order valence-corrected chi connectivity index (χ2v) is 8.64. The summed E-state index contributed by atoms with van der Waals surface area (Å²) in [5.74, 6) is 2.75. The number of likely N-dealkylation sites (tertiary alicyclic amines) is 1. The predicted octanol–water partition coefficient (Wildman–Crippen LogP) is 3.39. The van der Waals surface area contributed by atoms with Gasteiger partial charge >= 0.3 is 0 Å². The molecule has 27 heavy (non-hydrogen) atoms. The maximum atomic E-state index is 13.4. The zero-order chi connectivity index (χ0) is 18.5. The van der Waals surface area contributed by atoms with E-state index < -0.39 is 0 Å². The van der Waals surface area contributed by atoms with Gasteiger partial charge in [-0.1, -0.05) is 31.1 Å². The second-order valence-electron chi connectivity index (χ2n) is 8.64. The lowest BCUT2D eigenvalue weighted by atomic mass is 9.75. The number of aromatic nitrogens is 2. The van der Waals surface area contributed by atoms with Crippen molar-refractivity contribution in [2.45, 2.75) is 57.2 Å². The van der Waals surface area contributed by atoms with Gasteiger partial charge in [-0.15, -0.1) is 0 Å². The van der Waals surface area contributed by atoms with Crippen molar-refractivity contribution < 1.29 is 8.91 Å². The maximum Gasteiger partial charge on any atom is 0.240 e. The van der Waals surface area contributed by atoms with E-state index >= 15 is 0 Å². The molecule has 4 aliphatic heterocycles. The van der Waals surface area contributed by atoms with Gasteiger partial charge < -0.3 is 4.52 Å². The Morgan fingerprint density at radius 3 is 2.56 bits per heavy atom. The zero-order valence-electron chi connectivity index (χ0n) is 16.0. The van der Waals surface area contributed by atoms with E-state index in [0.717, 1.165) is 18.3 Å². The van der Waals surface area contributed by atoms with Gasteiger partial charge in [-0.25, -0.2) is 4.39 Å². The Bertz CT molecular complexity index is 797. The molecule has 6 rings (SSSR count). The lowest BCUT2D eigenvalue weighted by molar-refractivity contribution is -0.0109. The molecule has 3 atom stereocenters. The van der Waals surface area contributed by atoms with Gasteiger partial charge in [-0.3, -0.25) is 9.80 Å². The first-order valence-corrected chi connectivity index (χ1v) is 10.2. The molecule has 0 spiro atoms. The summed E-state index contributed by atoms with van der Waals surface area (Å²) in [6.45, 7) is 8.22. The van der Waals surface area contributed by atoms with Gasteiger partial charge in [0.1, 0.15) is 5.82 Å². The van der Waals surface area contributed by atoms with E-state index in [1.54, 1.807) is 12.1 Å². The van der Waals surface area contributed by atoms with Crippen LogP contribution < -0.4 is 0 Å². The summed E-state index contributed by atoms with van der Waals surface area (Å²) in [5.41, 5.74) is 1.25. The normalized spacial score (nSPS) is 33.0. The molecule has 0 unspecified atom stereocenters. The fourth-order valence-corrected chi connectivity index (χ4v) is 5.47. The third-order valence-electron chi connectivity index (χ3n) is 6.73. The Morgan fingerprint density at radius 2 is 1.89 bits per heavy atom. The first-order valence-electron chi connectivity index (χ1n) is 10.2. The molecule has 0 aliphatic carbocycles. The van der Waals surface area contributed by atoms with Crippen molar-refractivity contribution in [3.63, 3.8) is 0 Å². The van der Waals surface area contributed by atoms with Gasteiger partial charge in [-0.05, 0) is 49.5 Å².